The minimum atomic E-state index is -0.314. The van der Waals surface area contributed by atoms with Crippen molar-refractivity contribution in [3.8, 4) is 5.88 Å². The Kier molecular flexibility index (Phi) is 5.99. The predicted octanol–water partition coefficient (Wildman–Crippen LogP) is 2.30. The molecular formula is C19H23FN4O2. The van der Waals surface area contributed by atoms with E-state index in [1.165, 1.54) is 18.5 Å². The van der Waals surface area contributed by atoms with Gasteiger partial charge in [0.2, 0.25) is 11.8 Å². The van der Waals surface area contributed by atoms with Crippen molar-refractivity contribution in [1.82, 2.24) is 14.9 Å². The number of carbonyl (C=O) groups excluding carboxylic acids is 1. The van der Waals surface area contributed by atoms with Crippen LogP contribution in [0, 0.1) is 5.82 Å². The molecule has 7 heteroatoms. The summed E-state index contributed by atoms with van der Waals surface area (Å²) >= 11 is 0. The van der Waals surface area contributed by atoms with Gasteiger partial charge < -0.3 is 14.5 Å². The first-order valence-corrected chi connectivity index (χ1v) is 8.87. The van der Waals surface area contributed by atoms with Gasteiger partial charge in [-0.1, -0.05) is 12.1 Å². The molecular weight excluding hydrogens is 335 g/mol. The predicted molar refractivity (Wildman–Crippen MR) is 96.7 cm³/mol. The minimum Gasteiger partial charge on any atom is -0.478 e. The second-order valence-corrected chi connectivity index (χ2v) is 6.18. The maximum absolute atomic E-state index is 13.3. The molecule has 1 amide bonds. The van der Waals surface area contributed by atoms with Crippen molar-refractivity contribution in [3.05, 3.63) is 48.0 Å². The van der Waals surface area contributed by atoms with E-state index in [9.17, 15) is 9.18 Å². The SMILES string of the molecule is CCOc1cc(N2CCCN(C(=O)Cc3cccc(F)c3)CC2)ncn1. The van der Waals surface area contributed by atoms with Crippen molar-refractivity contribution < 1.29 is 13.9 Å². The molecule has 0 radical (unpaired) electrons. The summed E-state index contributed by atoms with van der Waals surface area (Å²) in [6, 6.07) is 8.04. The second kappa shape index (κ2) is 8.60. The summed E-state index contributed by atoms with van der Waals surface area (Å²) in [5.74, 6) is 1.07. The van der Waals surface area contributed by atoms with Gasteiger partial charge in [0.1, 0.15) is 18.0 Å². The van der Waals surface area contributed by atoms with E-state index in [4.69, 9.17) is 4.74 Å². The summed E-state index contributed by atoms with van der Waals surface area (Å²) in [4.78, 5) is 24.9. The number of anilines is 1. The van der Waals surface area contributed by atoms with E-state index < -0.39 is 0 Å². The van der Waals surface area contributed by atoms with Crippen LogP contribution in [0.5, 0.6) is 5.88 Å². The van der Waals surface area contributed by atoms with Gasteiger partial charge in [-0.3, -0.25) is 4.79 Å². The maximum Gasteiger partial charge on any atom is 0.227 e. The number of rotatable bonds is 5. The third kappa shape index (κ3) is 4.68. The molecule has 2 aromatic rings. The molecule has 0 unspecified atom stereocenters. The smallest absolute Gasteiger partial charge is 0.227 e. The van der Waals surface area contributed by atoms with Crippen LogP contribution in [0.1, 0.15) is 18.9 Å². The first-order chi connectivity index (χ1) is 12.7. The van der Waals surface area contributed by atoms with Gasteiger partial charge in [-0.15, -0.1) is 0 Å². The molecule has 138 valence electrons. The van der Waals surface area contributed by atoms with E-state index in [0.717, 1.165) is 18.8 Å². The minimum absolute atomic E-state index is 0.0233. The van der Waals surface area contributed by atoms with E-state index in [1.807, 2.05) is 17.9 Å². The van der Waals surface area contributed by atoms with E-state index in [0.29, 0.717) is 37.7 Å². The van der Waals surface area contributed by atoms with E-state index in [1.54, 1.807) is 12.1 Å². The Balaban J connectivity index is 1.61. The number of carbonyl (C=O) groups is 1. The molecule has 26 heavy (non-hydrogen) atoms. The quantitative estimate of drug-likeness (QED) is 0.821. The summed E-state index contributed by atoms with van der Waals surface area (Å²) in [5.41, 5.74) is 0.702. The van der Waals surface area contributed by atoms with Gasteiger partial charge in [0.05, 0.1) is 13.0 Å². The van der Waals surface area contributed by atoms with Crippen LogP contribution in [0.4, 0.5) is 10.2 Å². The Labute approximate surface area is 152 Å². The van der Waals surface area contributed by atoms with Crippen LogP contribution >= 0.6 is 0 Å². The van der Waals surface area contributed by atoms with Gasteiger partial charge >= 0.3 is 0 Å². The van der Waals surface area contributed by atoms with Crippen molar-refractivity contribution in [2.75, 3.05) is 37.7 Å². The second-order valence-electron chi connectivity index (χ2n) is 6.18. The van der Waals surface area contributed by atoms with Gasteiger partial charge in [0.15, 0.2) is 0 Å². The molecule has 0 spiro atoms. The number of hydrogen-bond acceptors (Lipinski definition) is 5. The van der Waals surface area contributed by atoms with Crippen LogP contribution < -0.4 is 9.64 Å². The van der Waals surface area contributed by atoms with Crippen molar-refractivity contribution in [2.24, 2.45) is 0 Å². The highest BCUT2D eigenvalue weighted by Gasteiger charge is 2.20. The van der Waals surface area contributed by atoms with Gasteiger partial charge in [-0.25, -0.2) is 14.4 Å². The molecule has 1 saturated heterocycles. The Morgan fingerprint density at radius 1 is 1.19 bits per heavy atom. The number of halogens is 1. The maximum atomic E-state index is 13.3. The van der Waals surface area contributed by atoms with Crippen LogP contribution in [0.25, 0.3) is 0 Å². The Bertz CT molecular complexity index is 756. The molecule has 0 N–H and O–H groups in total. The highest BCUT2D eigenvalue weighted by Crippen LogP contribution is 2.18. The highest BCUT2D eigenvalue weighted by molar-refractivity contribution is 5.78. The lowest BCUT2D eigenvalue weighted by atomic mass is 10.1. The first-order valence-electron chi connectivity index (χ1n) is 8.87. The first kappa shape index (κ1) is 18.1. The molecule has 1 fully saturated rings. The number of benzene rings is 1. The number of nitrogens with zero attached hydrogens (tertiary/aromatic N) is 4. The van der Waals surface area contributed by atoms with Crippen LogP contribution in [0.15, 0.2) is 36.7 Å². The molecule has 1 aliphatic heterocycles. The molecule has 0 atom stereocenters. The Morgan fingerprint density at radius 2 is 2.08 bits per heavy atom. The average Bonchev–Trinajstić information content (AvgIpc) is 2.88. The van der Waals surface area contributed by atoms with Crippen LogP contribution in [-0.2, 0) is 11.2 Å². The fourth-order valence-electron chi connectivity index (χ4n) is 3.06. The van der Waals surface area contributed by atoms with Crippen LogP contribution in [0.2, 0.25) is 0 Å². The third-order valence-electron chi connectivity index (χ3n) is 4.34. The Morgan fingerprint density at radius 3 is 2.88 bits per heavy atom. The van der Waals surface area contributed by atoms with Crippen LogP contribution in [-0.4, -0.2) is 53.6 Å². The topological polar surface area (TPSA) is 58.6 Å². The number of ether oxygens (including phenoxy) is 1. The van der Waals surface area contributed by atoms with Gasteiger partial charge in [-0.2, -0.15) is 0 Å². The summed E-state index contributed by atoms with van der Waals surface area (Å²) in [6.07, 6.45) is 2.57. The lowest BCUT2D eigenvalue weighted by molar-refractivity contribution is -0.130. The highest BCUT2D eigenvalue weighted by atomic mass is 19.1. The average molecular weight is 358 g/mol. The zero-order chi connectivity index (χ0) is 18.4. The van der Waals surface area contributed by atoms with Crippen molar-refractivity contribution in [3.63, 3.8) is 0 Å². The molecule has 1 aliphatic rings. The lowest BCUT2D eigenvalue weighted by Gasteiger charge is -2.23. The zero-order valence-electron chi connectivity index (χ0n) is 14.9. The van der Waals surface area contributed by atoms with Gasteiger partial charge in [-0.05, 0) is 31.0 Å². The molecule has 2 heterocycles. The van der Waals surface area contributed by atoms with E-state index in [-0.39, 0.29) is 18.1 Å². The van der Waals surface area contributed by atoms with Crippen molar-refractivity contribution in [2.45, 2.75) is 19.8 Å². The molecule has 1 aromatic heterocycles. The van der Waals surface area contributed by atoms with E-state index in [2.05, 4.69) is 14.9 Å². The number of aromatic nitrogens is 2. The summed E-state index contributed by atoms with van der Waals surface area (Å²) in [5, 5.41) is 0. The normalized spacial score (nSPS) is 14.8. The number of hydrogen-bond donors (Lipinski definition) is 0. The lowest BCUT2D eigenvalue weighted by Crippen LogP contribution is -2.36. The Hall–Kier alpha value is -2.70. The summed E-state index contributed by atoms with van der Waals surface area (Å²) < 4.78 is 18.7. The molecule has 1 aromatic carbocycles. The fraction of sp³-hybridized carbons (Fsp3) is 0.421. The standard InChI is InChI=1S/C19H23FN4O2/c1-2-26-18-13-17(21-14-22-18)23-7-4-8-24(10-9-23)19(25)12-15-5-3-6-16(20)11-15/h3,5-6,11,13-14H,2,4,7-10,12H2,1H3. The van der Waals surface area contributed by atoms with Gasteiger partial charge in [0, 0.05) is 32.2 Å². The fourth-order valence-corrected chi connectivity index (χ4v) is 3.06. The number of amides is 1. The molecule has 6 nitrogen and oxygen atoms in total. The third-order valence-corrected chi connectivity index (χ3v) is 4.34. The molecule has 0 saturated carbocycles. The van der Waals surface area contributed by atoms with Gasteiger partial charge in [0.25, 0.3) is 0 Å². The van der Waals surface area contributed by atoms with E-state index >= 15 is 0 Å². The summed E-state index contributed by atoms with van der Waals surface area (Å²) in [6.45, 7) is 5.27. The zero-order valence-corrected chi connectivity index (χ0v) is 14.9. The molecule has 0 aliphatic carbocycles. The molecule has 0 bridgehead atoms. The van der Waals surface area contributed by atoms with Crippen molar-refractivity contribution >= 4 is 11.7 Å². The molecule has 3 rings (SSSR count). The van der Waals surface area contributed by atoms with Crippen LogP contribution in [0.3, 0.4) is 0 Å². The summed E-state index contributed by atoms with van der Waals surface area (Å²) in [7, 11) is 0. The largest absolute Gasteiger partial charge is 0.478 e. The monoisotopic (exact) mass is 358 g/mol. The van der Waals surface area contributed by atoms with Crippen molar-refractivity contribution in [1.29, 1.82) is 0 Å².